The quantitative estimate of drug-likeness (QED) is 0.724. The van der Waals surface area contributed by atoms with E-state index >= 15 is 0 Å². The van der Waals surface area contributed by atoms with Crippen LogP contribution in [0.25, 0.3) is 0 Å². The van der Waals surface area contributed by atoms with Gasteiger partial charge >= 0.3 is 0 Å². The molecule has 0 atom stereocenters. The van der Waals surface area contributed by atoms with Crippen molar-refractivity contribution in [2.24, 2.45) is 0 Å². The van der Waals surface area contributed by atoms with Gasteiger partial charge in [-0.05, 0) is 18.6 Å². The highest BCUT2D eigenvalue weighted by atomic mass is 16.5. The molecule has 0 spiro atoms. The monoisotopic (exact) mass is 207 g/mol. The van der Waals surface area contributed by atoms with Crippen LogP contribution in [0, 0.1) is 0 Å². The van der Waals surface area contributed by atoms with Crippen LogP contribution < -0.4 is 10.1 Å². The number of rotatable bonds is 6. The van der Waals surface area contributed by atoms with E-state index in [9.17, 15) is 4.79 Å². The summed E-state index contributed by atoms with van der Waals surface area (Å²) in [7, 11) is 0. The fourth-order valence-electron chi connectivity index (χ4n) is 1.12. The third-order valence-electron chi connectivity index (χ3n) is 1.97. The van der Waals surface area contributed by atoms with Crippen LogP contribution in [0.3, 0.4) is 0 Å². The summed E-state index contributed by atoms with van der Waals surface area (Å²) in [5.41, 5.74) is 0. The van der Waals surface area contributed by atoms with Gasteiger partial charge < -0.3 is 10.1 Å². The minimum Gasteiger partial charge on any atom is -0.484 e. The zero-order valence-corrected chi connectivity index (χ0v) is 9.03. The Bertz CT molecular complexity index is 285. The predicted molar refractivity (Wildman–Crippen MR) is 59.9 cm³/mol. The lowest BCUT2D eigenvalue weighted by Gasteiger charge is -2.06. The molecule has 0 aliphatic carbocycles. The molecule has 0 aromatic heterocycles. The molecule has 0 heterocycles. The van der Waals surface area contributed by atoms with Crippen molar-refractivity contribution in [1.29, 1.82) is 0 Å². The highest BCUT2D eigenvalue weighted by Gasteiger charge is 2.00. The zero-order chi connectivity index (χ0) is 10.9. The van der Waals surface area contributed by atoms with E-state index in [-0.39, 0.29) is 12.5 Å². The standard InChI is InChI=1S/C12H17NO2/c1-2-3-9-13-12(14)10-15-11-7-5-4-6-8-11/h4-8H,2-3,9-10H2,1H3,(H,13,14). The van der Waals surface area contributed by atoms with Gasteiger partial charge in [-0.2, -0.15) is 0 Å². The van der Waals surface area contributed by atoms with Crippen molar-refractivity contribution >= 4 is 5.91 Å². The lowest BCUT2D eigenvalue weighted by molar-refractivity contribution is -0.123. The molecule has 15 heavy (non-hydrogen) atoms. The van der Waals surface area contributed by atoms with Gasteiger partial charge in [0.05, 0.1) is 0 Å². The lowest BCUT2D eigenvalue weighted by Crippen LogP contribution is -2.29. The Morgan fingerprint density at radius 2 is 2.07 bits per heavy atom. The van der Waals surface area contributed by atoms with Crippen molar-refractivity contribution in [3.8, 4) is 5.75 Å². The van der Waals surface area contributed by atoms with Gasteiger partial charge in [-0.1, -0.05) is 31.5 Å². The first kappa shape index (κ1) is 11.6. The summed E-state index contributed by atoms with van der Waals surface area (Å²) in [4.78, 5) is 11.3. The number of benzene rings is 1. The van der Waals surface area contributed by atoms with Gasteiger partial charge in [-0.25, -0.2) is 0 Å². The predicted octanol–water partition coefficient (Wildman–Crippen LogP) is 1.98. The molecule has 82 valence electrons. The van der Waals surface area contributed by atoms with Crippen LogP contribution in [0.15, 0.2) is 30.3 Å². The molecule has 1 amide bonds. The molecule has 0 bridgehead atoms. The molecule has 1 aromatic carbocycles. The molecule has 1 aromatic rings. The number of para-hydroxylation sites is 1. The Morgan fingerprint density at radius 3 is 2.73 bits per heavy atom. The zero-order valence-electron chi connectivity index (χ0n) is 9.03. The van der Waals surface area contributed by atoms with Gasteiger partial charge in [-0.3, -0.25) is 4.79 Å². The van der Waals surface area contributed by atoms with E-state index in [0.29, 0.717) is 0 Å². The number of carbonyl (C=O) groups excluding carboxylic acids is 1. The summed E-state index contributed by atoms with van der Waals surface area (Å²) in [6, 6.07) is 9.33. The fraction of sp³-hybridized carbons (Fsp3) is 0.417. The molecule has 0 aliphatic heterocycles. The number of hydrogen-bond acceptors (Lipinski definition) is 2. The fourth-order valence-corrected chi connectivity index (χ4v) is 1.12. The maximum absolute atomic E-state index is 11.3. The topological polar surface area (TPSA) is 38.3 Å². The number of carbonyl (C=O) groups is 1. The summed E-state index contributed by atoms with van der Waals surface area (Å²) >= 11 is 0. The van der Waals surface area contributed by atoms with E-state index < -0.39 is 0 Å². The van der Waals surface area contributed by atoms with Crippen LogP contribution in [0.1, 0.15) is 19.8 Å². The Kier molecular flexibility index (Phi) is 5.30. The molecule has 0 saturated heterocycles. The van der Waals surface area contributed by atoms with Gasteiger partial charge in [0.15, 0.2) is 6.61 Å². The van der Waals surface area contributed by atoms with E-state index in [4.69, 9.17) is 4.74 Å². The maximum Gasteiger partial charge on any atom is 0.257 e. The summed E-state index contributed by atoms with van der Waals surface area (Å²) in [5.74, 6) is 0.662. The van der Waals surface area contributed by atoms with Crippen LogP contribution >= 0.6 is 0 Å². The summed E-state index contributed by atoms with van der Waals surface area (Å²) < 4.78 is 5.29. The van der Waals surface area contributed by atoms with E-state index in [1.807, 2.05) is 30.3 Å². The Balaban J connectivity index is 2.17. The molecule has 0 saturated carbocycles. The molecule has 0 unspecified atom stereocenters. The average molecular weight is 207 g/mol. The molecule has 0 fully saturated rings. The third-order valence-corrected chi connectivity index (χ3v) is 1.97. The number of amides is 1. The molecule has 0 radical (unpaired) electrons. The van der Waals surface area contributed by atoms with Crippen LogP contribution in [0.4, 0.5) is 0 Å². The Labute approximate surface area is 90.4 Å². The van der Waals surface area contributed by atoms with Crippen molar-refractivity contribution in [3.05, 3.63) is 30.3 Å². The van der Waals surface area contributed by atoms with Crippen molar-refractivity contribution in [1.82, 2.24) is 5.32 Å². The molecule has 1 N–H and O–H groups in total. The molecular formula is C12H17NO2. The molecule has 0 aliphatic rings. The summed E-state index contributed by atoms with van der Waals surface area (Å²) in [6.07, 6.45) is 2.09. The first-order valence-electron chi connectivity index (χ1n) is 5.27. The second-order valence-electron chi connectivity index (χ2n) is 3.31. The summed E-state index contributed by atoms with van der Waals surface area (Å²) in [6.45, 7) is 2.91. The van der Waals surface area contributed by atoms with Gasteiger partial charge in [0.1, 0.15) is 5.75 Å². The second kappa shape index (κ2) is 6.87. The number of hydrogen-bond donors (Lipinski definition) is 1. The van der Waals surface area contributed by atoms with Crippen LogP contribution in [0.5, 0.6) is 5.75 Å². The van der Waals surface area contributed by atoms with Crippen molar-refractivity contribution < 1.29 is 9.53 Å². The number of ether oxygens (including phenoxy) is 1. The first-order valence-corrected chi connectivity index (χ1v) is 5.27. The number of nitrogens with one attached hydrogen (secondary N) is 1. The minimum atomic E-state index is -0.0627. The first-order chi connectivity index (χ1) is 7.33. The van der Waals surface area contributed by atoms with E-state index in [0.717, 1.165) is 25.1 Å². The maximum atomic E-state index is 11.3. The Hall–Kier alpha value is -1.51. The SMILES string of the molecule is CCCCNC(=O)COc1ccccc1. The normalized spacial score (nSPS) is 9.67. The highest BCUT2D eigenvalue weighted by Crippen LogP contribution is 2.07. The van der Waals surface area contributed by atoms with Gasteiger partial charge in [-0.15, -0.1) is 0 Å². The van der Waals surface area contributed by atoms with E-state index in [1.165, 1.54) is 0 Å². The van der Waals surface area contributed by atoms with E-state index in [2.05, 4.69) is 12.2 Å². The van der Waals surface area contributed by atoms with Crippen LogP contribution in [-0.4, -0.2) is 19.1 Å². The van der Waals surface area contributed by atoms with Gasteiger partial charge in [0.25, 0.3) is 5.91 Å². The minimum absolute atomic E-state index is 0.0627. The van der Waals surface area contributed by atoms with Gasteiger partial charge in [0.2, 0.25) is 0 Å². The largest absolute Gasteiger partial charge is 0.484 e. The second-order valence-corrected chi connectivity index (χ2v) is 3.31. The Morgan fingerprint density at radius 1 is 1.33 bits per heavy atom. The smallest absolute Gasteiger partial charge is 0.257 e. The lowest BCUT2D eigenvalue weighted by atomic mass is 10.3. The number of unbranched alkanes of at least 4 members (excludes halogenated alkanes) is 1. The summed E-state index contributed by atoms with van der Waals surface area (Å²) in [5, 5.41) is 2.79. The molecular weight excluding hydrogens is 190 g/mol. The third kappa shape index (κ3) is 5.05. The van der Waals surface area contributed by atoms with Crippen LogP contribution in [0.2, 0.25) is 0 Å². The van der Waals surface area contributed by atoms with Crippen molar-refractivity contribution in [3.63, 3.8) is 0 Å². The highest BCUT2D eigenvalue weighted by molar-refractivity contribution is 5.77. The van der Waals surface area contributed by atoms with E-state index in [1.54, 1.807) is 0 Å². The molecule has 1 rings (SSSR count). The van der Waals surface area contributed by atoms with Crippen LogP contribution in [-0.2, 0) is 4.79 Å². The molecule has 3 nitrogen and oxygen atoms in total. The van der Waals surface area contributed by atoms with Crippen molar-refractivity contribution in [2.45, 2.75) is 19.8 Å². The van der Waals surface area contributed by atoms with Crippen molar-refractivity contribution in [2.75, 3.05) is 13.2 Å². The average Bonchev–Trinajstić information content (AvgIpc) is 2.28. The molecule has 3 heteroatoms. The van der Waals surface area contributed by atoms with Gasteiger partial charge in [0, 0.05) is 6.54 Å².